The van der Waals surface area contributed by atoms with Crippen molar-refractivity contribution in [2.45, 2.75) is 32.6 Å². The number of hydrogen-bond donors (Lipinski definition) is 2. The Kier molecular flexibility index (Phi) is 4.15. The zero-order valence-corrected chi connectivity index (χ0v) is 13.0. The maximum atomic E-state index is 12.3. The summed E-state index contributed by atoms with van der Waals surface area (Å²) < 4.78 is 3.87. The Balaban J connectivity index is 1.77. The summed E-state index contributed by atoms with van der Waals surface area (Å²) in [6.07, 6.45) is 2.83. The van der Waals surface area contributed by atoms with E-state index in [1.807, 2.05) is 19.1 Å². The number of nitrogens with zero attached hydrogens (tertiary/aromatic N) is 2. The molecule has 0 saturated carbocycles. The molecule has 0 spiro atoms. The van der Waals surface area contributed by atoms with Gasteiger partial charge in [0.2, 0.25) is 5.91 Å². The SMILES string of the molecule is CCCc1nnsc1C(=O)Nc1ccc2c(c1)CCC(=O)N2. The molecule has 3 rings (SSSR count). The molecule has 1 aromatic carbocycles. The topological polar surface area (TPSA) is 84.0 Å². The second kappa shape index (κ2) is 6.23. The number of benzene rings is 1. The van der Waals surface area contributed by atoms with Crippen LogP contribution in [0.3, 0.4) is 0 Å². The summed E-state index contributed by atoms with van der Waals surface area (Å²) in [5.74, 6) is -0.150. The summed E-state index contributed by atoms with van der Waals surface area (Å²) in [5.41, 5.74) is 3.32. The fourth-order valence-corrected chi connectivity index (χ4v) is 3.03. The minimum absolute atomic E-state index is 0.0317. The standard InChI is InChI=1S/C15H16N4O2S/c1-2-3-12-14(22-19-18-12)15(21)16-10-5-6-11-9(8-10)4-7-13(20)17-11/h5-6,8H,2-4,7H2,1H3,(H,16,21)(H,17,20). The molecule has 1 aliphatic heterocycles. The highest BCUT2D eigenvalue weighted by atomic mass is 32.1. The minimum atomic E-state index is -0.182. The molecule has 6 nitrogen and oxygen atoms in total. The van der Waals surface area contributed by atoms with Gasteiger partial charge < -0.3 is 10.6 Å². The number of nitrogens with one attached hydrogen (secondary N) is 2. The van der Waals surface area contributed by atoms with Crippen LogP contribution in [0.25, 0.3) is 0 Å². The summed E-state index contributed by atoms with van der Waals surface area (Å²) in [7, 11) is 0. The number of fused-ring (bicyclic) bond motifs is 1. The van der Waals surface area contributed by atoms with Gasteiger partial charge in [0, 0.05) is 17.8 Å². The lowest BCUT2D eigenvalue weighted by Gasteiger charge is -2.17. The molecule has 0 aliphatic carbocycles. The van der Waals surface area contributed by atoms with Crippen molar-refractivity contribution in [3.8, 4) is 0 Å². The summed E-state index contributed by atoms with van der Waals surface area (Å²) in [5, 5.41) is 9.71. The number of rotatable bonds is 4. The molecule has 0 saturated heterocycles. The highest BCUT2D eigenvalue weighted by molar-refractivity contribution is 7.08. The van der Waals surface area contributed by atoms with Crippen molar-refractivity contribution in [3.63, 3.8) is 0 Å². The van der Waals surface area contributed by atoms with Crippen molar-refractivity contribution in [2.75, 3.05) is 10.6 Å². The summed E-state index contributed by atoms with van der Waals surface area (Å²) in [4.78, 5) is 24.3. The van der Waals surface area contributed by atoms with Gasteiger partial charge in [-0.15, -0.1) is 5.10 Å². The fraction of sp³-hybridized carbons (Fsp3) is 0.333. The average molecular weight is 316 g/mol. The Morgan fingerprint density at radius 2 is 2.27 bits per heavy atom. The first-order chi connectivity index (χ1) is 10.7. The lowest BCUT2D eigenvalue weighted by molar-refractivity contribution is -0.116. The van der Waals surface area contributed by atoms with Gasteiger partial charge in [0.15, 0.2) is 0 Å². The van der Waals surface area contributed by atoms with Crippen LogP contribution in [0.2, 0.25) is 0 Å². The van der Waals surface area contributed by atoms with Gasteiger partial charge in [0.25, 0.3) is 5.91 Å². The zero-order valence-electron chi connectivity index (χ0n) is 12.2. The van der Waals surface area contributed by atoms with Crippen LogP contribution in [0.15, 0.2) is 18.2 Å². The molecule has 114 valence electrons. The molecule has 0 atom stereocenters. The van der Waals surface area contributed by atoms with Crippen LogP contribution in [0, 0.1) is 0 Å². The Bertz CT molecular complexity index is 726. The van der Waals surface area contributed by atoms with Crippen molar-refractivity contribution in [1.29, 1.82) is 0 Å². The van der Waals surface area contributed by atoms with Crippen LogP contribution in [0.4, 0.5) is 11.4 Å². The third-order valence-electron chi connectivity index (χ3n) is 3.51. The van der Waals surface area contributed by atoms with E-state index in [2.05, 4.69) is 20.2 Å². The second-order valence-corrected chi connectivity index (χ2v) is 5.93. The van der Waals surface area contributed by atoms with Gasteiger partial charge in [0.05, 0.1) is 5.69 Å². The van der Waals surface area contributed by atoms with Gasteiger partial charge in [-0.2, -0.15) is 0 Å². The van der Waals surface area contributed by atoms with Gasteiger partial charge in [-0.25, -0.2) is 0 Å². The van der Waals surface area contributed by atoms with Crippen LogP contribution < -0.4 is 10.6 Å². The molecule has 1 aliphatic rings. The molecular formula is C15H16N4O2S. The first kappa shape index (κ1) is 14.6. The normalized spacial score (nSPS) is 13.4. The second-order valence-electron chi connectivity index (χ2n) is 5.17. The quantitative estimate of drug-likeness (QED) is 0.908. The largest absolute Gasteiger partial charge is 0.326 e. The lowest BCUT2D eigenvalue weighted by Crippen LogP contribution is -2.19. The molecule has 2 N–H and O–H groups in total. The Labute approximate surface area is 132 Å². The molecule has 2 amide bonds. The number of aryl methyl sites for hydroxylation is 2. The first-order valence-corrected chi connectivity index (χ1v) is 8.00. The summed E-state index contributed by atoms with van der Waals surface area (Å²) >= 11 is 1.12. The maximum absolute atomic E-state index is 12.3. The minimum Gasteiger partial charge on any atom is -0.326 e. The first-order valence-electron chi connectivity index (χ1n) is 7.22. The van der Waals surface area contributed by atoms with Gasteiger partial charge in [-0.3, -0.25) is 9.59 Å². The molecule has 0 fully saturated rings. The Morgan fingerprint density at radius 1 is 1.41 bits per heavy atom. The predicted octanol–water partition coefficient (Wildman–Crippen LogP) is 2.63. The monoisotopic (exact) mass is 316 g/mol. The molecule has 2 aromatic rings. The highest BCUT2D eigenvalue weighted by Crippen LogP contribution is 2.26. The summed E-state index contributed by atoms with van der Waals surface area (Å²) in [6.45, 7) is 2.04. The number of carbonyl (C=O) groups excluding carboxylic acids is 2. The number of aromatic nitrogens is 2. The molecular weight excluding hydrogens is 300 g/mol. The van der Waals surface area contributed by atoms with Gasteiger partial charge in [-0.05, 0) is 48.1 Å². The van der Waals surface area contributed by atoms with E-state index in [0.29, 0.717) is 17.7 Å². The molecule has 1 aromatic heterocycles. The zero-order chi connectivity index (χ0) is 15.5. The van der Waals surface area contributed by atoms with Gasteiger partial charge >= 0.3 is 0 Å². The fourth-order valence-electron chi connectivity index (χ4n) is 2.43. The number of hydrogen-bond acceptors (Lipinski definition) is 5. The molecule has 0 radical (unpaired) electrons. The van der Waals surface area contributed by atoms with Crippen LogP contribution in [-0.4, -0.2) is 21.4 Å². The van der Waals surface area contributed by atoms with E-state index in [4.69, 9.17) is 0 Å². The van der Waals surface area contributed by atoms with Crippen molar-refractivity contribution in [1.82, 2.24) is 9.59 Å². The number of anilines is 2. The Hall–Kier alpha value is -2.28. The van der Waals surface area contributed by atoms with E-state index in [9.17, 15) is 9.59 Å². The van der Waals surface area contributed by atoms with Gasteiger partial charge in [-0.1, -0.05) is 17.8 Å². The smallest absolute Gasteiger partial charge is 0.269 e. The lowest BCUT2D eigenvalue weighted by atomic mass is 10.0. The highest BCUT2D eigenvalue weighted by Gasteiger charge is 2.18. The molecule has 22 heavy (non-hydrogen) atoms. The van der Waals surface area contributed by atoms with E-state index in [-0.39, 0.29) is 11.8 Å². The molecule has 7 heteroatoms. The van der Waals surface area contributed by atoms with Gasteiger partial charge in [0.1, 0.15) is 4.88 Å². The maximum Gasteiger partial charge on any atom is 0.269 e. The van der Waals surface area contributed by atoms with E-state index in [1.54, 1.807) is 6.07 Å². The van der Waals surface area contributed by atoms with Crippen molar-refractivity contribution >= 4 is 34.7 Å². The average Bonchev–Trinajstić information content (AvgIpc) is 2.96. The van der Waals surface area contributed by atoms with Crippen molar-refractivity contribution < 1.29 is 9.59 Å². The number of amides is 2. The summed E-state index contributed by atoms with van der Waals surface area (Å²) in [6, 6.07) is 5.51. The van der Waals surface area contributed by atoms with Crippen molar-refractivity contribution in [3.05, 3.63) is 34.3 Å². The van der Waals surface area contributed by atoms with Crippen LogP contribution in [0.1, 0.15) is 40.7 Å². The predicted molar refractivity (Wildman–Crippen MR) is 85.2 cm³/mol. The van der Waals surface area contributed by atoms with E-state index in [1.165, 1.54) is 0 Å². The Morgan fingerprint density at radius 3 is 3.09 bits per heavy atom. The third kappa shape index (κ3) is 2.99. The van der Waals surface area contributed by atoms with Crippen LogP contribution in [0.5, 0.6) is 0 Å². The van der Waals surface area contributed by atoms with Crippen LogP contribution >= 0.6 is 11.5 Å². The molecule has 2 heterocycles. The third-order valence-corrected chi connectivity index (χ3v) is 4.27. The van der Waals surface area contributed by atoms with E-state index in [0.717, 1.165) is 47.0 Å². The van der Waals surface area contributed by atoms with Crippen LogP contribution in [-0.2, 0) is 17.6 Å². The van der Waals surface area contributed by atoms with Crippen molar-refractivity contribution in [2.24, 2.45) is 0 Å². The molecule has 0 unspecified atom stereocenters. The number of carbonyl (C=O) groups is 2. The van der Waals surface area contributed by atoms with E-state index >= 15 is 0 Å². The molecule has 0 bridgehead atoms. The van der Waals surface area contributed by atoms with E-state index < -0.39 is 0 Å².